The first-order valence-corrected chi connectivity index (χ1v) is 11.7. The van der Waals surface area contributed by atoms with E-state index >= 15 is 0 Å². The summed E-state index contributed by atoms with van der Waals surface area (Å²) in [6.45, 7) is -0.601. The van der Waals surface area contributed by atoms with E-state index in [-0.39, 0.29) is 39.8 Å². The molecule has 3 rings (SSSR count). The second kappa shape index (κ2) is 8.82. The maximum absolute atomic E-state index is 12.9. The Morgan fingerprint density at radius 1 is 1.24 bits per heavy atom. The van der Waals surface area contributed by atoms with Crippen LogP contribution in [0.3, 0.4) is 0 Å². The average Bonchev–Trinajstić information content (AvgIpc) is 3.07. The van der Waals surface area contributed by atoms with Crippen molar-refractivity contribution in [3.8, 4) is 5.88 Å². The first-order chi connectivity index (χ1) is 15.2. The Morgan fingerprint density at radius 3 is 2.36 bits per heavy atom. The number of ether oxygens (including phenoxy) is 1. The summed E-state index contributed by atoms with van der Waals surface area (Å²) in [6.07, 6.45) is -3.37. The Balaban J connectivity index is 2.08. The minimum absolute atomic E-state index is 0.0577. The average molecular weight is 507 g/mol. The second-order valence-corrected chi connectivity index (χ2v) is 9.74. The standard InChI is InChI=1S/C20H18ClF3N2O6S/c1-26-16(8-15(25-26)20(22,23)24)32-9-11-14(33(2,30)31)7-6-10(18(11)21)19(29)17-12(27)4-3-5-13(17)28/h6-8,29H,3-5,9H2,1-2H3. The highest BCUT2D eigenvalue weighted by Crippen LogP contribution is 2.35. The number of rotatable bonds is 5. The Kier molecular flexibility index (Phi) is 6.62. The number of Topliss-reactive ketones (excluding diaryl/α,β-unsaturated/α-hetero) is 2. The highest BCUT2D eigenvalue weighted by atomic mass is 35.5. The first kappa shape index (κ1) is 24.8. The third-order valence-corrected chi connectivity index (χ3v) is 6.56. The number of aryl methyl sites for hydroxylation is 1. The van der Waals surface area contributed by atoms with Crippen LogP contribution in [0, 0.1) is 0 Å². The number of alkyl halides is 3. The van der Waals surface area contributed by atoms with Gasteiger partial charge < -0.3 is 9.84 Å². The lowest BCUT2D eigenvalue weighted by Gasteiger charge is -2.17. The number of aromatic nitrogens is 2. The van der Waals surface area contributed by atoms with Crippen LogP contribution in [0.15, 0.2) is 28.7 Å². The van der Waals surface area contributed by atoms with Crippen LogP contribution in [0.4, 0.5) is 13.2 Å². The number of sulfone groups is 1. The maximum Gasteiger partial charge on any atom is 0.435 e. The molecular weight excluding hydrogens is 489 g/mol. The number of benzene rings is 1. The molecule has 33 heavy (non-hydrogen) atoms. The van der Waals surface area contributed by atoms with Gasteiger partial charge in [0.05, 0.1) is 9.92 Å². The van der Waals surface area contributed by atoms with Crippen LogP contribution in [0.25, 0.3) is 5.76 Å². The molecule has 0 aliphatic heterocycles. The smallest absolute Gasteiger partial charge is 0.435 e. The fourth-order valence-electron chi connectivity index (χ4n) is 3.35. The lowest BCUT2D eigenvalue weighted by Crippen LogP contribution is -2.20. The van der Waals surface area contributed by atoms with Gasteiger partial charge in [0.15, 0.2) is 27.1 Å². The SMILES string of the molecule is Cn1nc(C(F)(F)F)cc1OCc1c(S(C)(=O)=O)ccc(C(O)=C2C(=O)CCCC2=O)c1Cl. The molecule has 0 spiro atoms. The number of carbonyl (C=O) groups excluding carboxylic acids is 2. The monoisotopic (exact) mass is 506 g/mol. The van der Waals surface area contributed by atoms with E-state index in [0.717, 1.165) is 23.1 Å². The van der Waals surface area contributed by atoms with E-state index in [1.807, 2.05) is 0 Å². The minimum atomic E-state index is -4.72. The molecule has 0 unspecified atom stereocenters. The Hall–Kier alpha value is -2.86. The fraction of sp³-hybridized carbons (Fsp3) is 0.350. The summed E-state index contributed by atoms with van der Waals surface area (Å²) in [7, 11) is -2.67. The molecule has 1 aliphatic carbocycles. The minimum Gasteiger partial charge on any atom is -0.506 e. The van der Waals surface area contributed by atoms with Crippen LogP contribution < -0.4 is 4.74 Å². The van der Waals surface area contributed by atoms with Gasteiger partial charge in [-0.25, -0.2) is 13.1 Å². The van der Waals surface area contributed by atoms with Crippen molar-refractivity contribution in [2.45, 2.75) is 36.9 Å². The molecule has 2 aromatic rings. The maximum atomic E-state index is 12.9. The molecule has 1 fully saturated rings. The highest BCUT2D eigenvalue weighted by molar-refractivity contribution is 7.90. The molecule has 13 heteroatoms. The number of allylic oxidation sites excluding steroid dienone is 1. The number of nitrogens with zero attached hydrogens (tertiary/aromatic N) is 2. The summed E-state index contributed by atoms with van der Waals surface area (Å²) < 4.78 is 69.3. The first-order valence-electron chi connectivity index (χ1n) is 9.47. The van der Waals surface area contributed by atoms with Gasteiger partial charge in [-0.1, -0.05) is 11.6 Å². The normalized spacial score (nSPS) is 15.2. The van der Waals surface area contributed by atoms with E-state index in [1.165, 1.54) is 7.05 Å². The molecule has 1 N–H and O–H groups in total. The molecule has 1 aromatic heterocycles. The third-order valence-electron chi connectivity index (χ3n) is 4.95. The number of aliphatic hydroxyl groups excluding tert-OH is 1. The van der Waals surface area contributed by atoms with Crippen molar-refractivity contribution in [1.82, 2.24) is 9.78 Å². The Bertz CT molecular complexity index is 1260. The molecule has 1 saturated carbocycles. The molecule has 0 radical (unpaired) electrons. The van der Waals surface area contributed by atoms with Crippen LogP contribution in [0.1, 0.15) is 36.1 Å². The van der Waals surface area contributed by atoms with Crippen molar-refractivity contribution in [3.05, 3.63) is 45.6 Å². The zero-order chi connectivity index (χ0) is 24.7. The van der Waals surface area contributed by atoms with Crippen molar-refractivity contribution in [3.63, 3.8) is 0 Å². The van der Waals surface area contributed by atoms with Gasteiger partial charge in [0.2, 0.25) is 5.88 Å². The zero-order valence-electron chi connectivity index (χ0n) is 17.4. The summed E-state index contributed by atoms with van der Waals surface area (Å²) in [4.78, 5) is 24.0. The van der Waals surface area contributed by atoms with Gasteiger partial charge in [-0.05, 0) is 18.6 Å². The number of aliphatic hydroxyl groups is 1. The number of carbonyl (C=O) groups is 2. The van der Waals surface area contributed by atoms with E-state index in [0.29, 0.717) is 12.5 Å². The van der Waals surface area contributed by atoms with Gasteiger partial charge in [0.1, 0.15) is 17.9 Å². The van der Waals surface area contributed by atoms with Gasteiger partial charge >= 0.3 is 6.18 Å². The van der Waals surface area contributed by atoms with Gasteiger partial charge in [-0.2, -0.15) is 18.3 Å². The zero-order valence-corrected chi connectivity index (χ0v) is 18.9. The van der Waals surface area contributed by atoms with Crippen LogP contribution in [-0.2, 0) is 39.3 Å². The largest absolute Gasteiger partial charge is 0.506 e. The molecule has 1 heterocycles. The van der Waals surface area contributed by atoms with E-state index in [4.69, 9.17) is 16.3 Å². The summed E-state index contributed by atoms with van der Waals surface area (Å²) >= 11 is 6.35. The van der Waals surface area contributed by atoms with Crippen molar-refractivity contribution in [2.24, 2.45) is 7.05 Å². The molecule has 1 aromatic carbocycles. The molecular formula is C20H18ClF3N2O6S. The van der Waals surface area contributed by atoms with Crippen molar-refractivity contribution >= 4 is 38.8 Å². The van der Waals surface area contributed by atoms with Crippen LogP contribution in [-0.4, -0.2) is 41.1 Å². The van der Waals surface area contributed by atoms with Crippen LogP contribution >= 0.6 is 11.6 Å². The Labute approximate surface area is 191 Å². The van der Waals surface area contributed by atoms with Crippen LogP contribution in [0.5, 0.6) is 5.88 Å². The molecule has 8 nitrogen and oxygen atoms in total. The number of hydrogen-bond donors (Lipinski definition) is 1. The lowest BCUT2D eigenvalue weighted by atomic mass is 9.89. The van der Waals surface area contributed by atoms with E-state index in [2.05, 4.69) is 5.10 Å². The highest BCUT2D eigenvalue weighted by Gasteiger charge is 2.35. The predicted octanol–water partition coefficient (Wildman–Crippen LogP) is 3.67. The summed E-state index contributed by atoms with van der Waals surface area (Å²) in [5.74, 6) is -2.15. The van der Waals surface area contributed by atoms with Crippen molar-refractivity contribution in [2.75, 3.05) is 6.26 Å². The molecule has 0 saturated heterocycles. The van der Waals surface area contributed by atoms with Crippen molar-refractivity contribution in [1.29, 1.82) is 0 Å². The summed E-state index contributed by atoms with van der Waals surface area (Å²) in [6, 6.07) is 2.89. The van der Waals surface area contributed by atoms with Gasteiger partial charge in [0.25, 0.3) is 0 Å². The van der Waals surface area contributed by atoms with Gasteiger partial charge in [-0.15, -0.1) is 0 Å². The van der Waals surface area contributed by atoms with Gasteiger partial charge in [0, 0.05) is 43.3 Å². The molecule has 0 amide bonds. The van der Waals surface area contributed by atoms with E-state index in [9.17, 15) is 36.3 Å². The van der Waals surface area contributed by atoms with E-state index < -0.39 is 51.2 Å². The topological polar surface area (TPSA) is 116 Å². The molecule has 0 atom stereocenters. The molecule has 1 aliphatic rings. The number of ketones is 2. The van der Waals surface area contributed by atoms with Crippen LogP contribution in [0.2, 0.25) is 5.02 Å². The second-order valence-electron chi connectivity index (χ2n) is 7.38. The lowest BCUT2D eigenvalue weighted by molar-refractivity contribution is -0.141. The molecule has 0 bridgehead atoms. The Morgan fingerprint density at radius 2 is 1.85 bits per heavy atom. The predicted molar refractivity (Wildman–Crippen MR) is 111 cm³/mol. The van der Waals surface area contributed by atoms with Gasteiger partial charge in [-0.3, -0.25) is 9.59 Å². The number of hydrogen-bond acceptors (Lipinski definition) is 7. The summed E-state index contributed by atoms with van der Waals surface area (Å²) in [5.41, 5.74) is -1.99. The van der Waals surface area contributed by atoms with E-state index in [1.54, 1.807) is 0 Å². The summed E-state index contributed by atoms with van der Waals surface area (Å²) in [5, 5.41) is 13.6. The third kappa shape index (κ3) is 5.06. The fourth-order valence-corrected chi connectivity index (χ4v) is 4.64. The van der Waals surface area contributed by atoms with Crippen molar-refractivity contribution < 1.29 is 41.0 Å². The number of halogens is 4. The molecule has 178 valence electrons. The quantitative estimate of drug-likeness (QED) is 0.374.